The minimum atomic E-state index is -0.487. The molecule has 0 bridgehead atoms. The summed E-state index contributed by atoms with van der Waals surface area (Å²) in [5.74, 6) is 0.523. The molecule has 1 saturated heterocycles. The standard InChI is InChI=1S/C26H24Cl2N6O5/c1-4-19(35)31-15-7-9-39-12-16(15)32-26-30-11-14-22(33-26)13-6-5-8-29-24(13)34(25(14)36)23-20(27)17(37-2)10-18(38-3)21(23)28/h4-6,8,10-11,15-16H,1,7,9,12H2,2-3H3,(H,31,35)(H,30,32,33)/t15-,16+/m0/s1. The van der Waals surface area contributed by atoms with E-state index in [0.29, 0.717) is 30.5 Å². The van der Waals surface area contributed by atoms with Crippen LogP contribution in [-0.4, -0.2) is 64.9 Å². The molecule has 0 aliphatic carbocycles. The molecular weight excluding hydrogens is 547 g/mol. The Morgan fingerprint density at radius 2 is 1.92 bits per heavy atom. The van der Waals surface area contributed by atoms with E-state index in [4.69, 9.17) is 37.4 Å². The Bertz CT molecular complexity index is 1630. The number of ether oxygens (including phenoxy) is 3. The zero-order valence-corrected chi connectivity index (χ0v) is 22.5. The lowest BCUT2D eigenvalue weighted by molar-refractivity contribution is -0.117. The maximum Gasteiger partial charge on any atom is 0.267 e. The zero-order valence-electron chi connectivity index (χ0n) is 21.0. The predicted molar refractivity (Wildman–Crippen MR) is 149 cm³/mol. The first-order chi connectivity index (χ1) is 18.9. The molecule has 1 aromatic carbocycles. The molecule has 1 aliphatic heterocycles. The van der Waals surface area contributed by atoms with Gasteiger partial charge in [0.25, 0.3) is 5.56 Å². The van der Waals surface area contributed by atoms with Gasteiger partial charge >= 0.3 is 0 Å². The smallest absolute Gasteiger partial charge is 0.267 e. The summed E-state index contributed by atoms with van der Waals surface area (Å²) in [4.78, 5) is 39.3. The third kappa shape index (κ3) is 4.84. The number of nitrogens with one attached hydrogen (secondary N) is 2. The number of nitrogens with zero attached hydrogens (tertiary/aromatic N) is 4. The van der Waals surface area contributed by atoms with E-state index >= 15 is 0 Å². The van der Waals surface area contributed by atoms with E-state index in [2.05, 4.69) is 32.2 Å². The van der Waals surface area contributed by atoms with Gasteiger partial charge < -0.3 is 24.8 Å². The first-order valence-corrected chi connectivity index (χ1v) is 12.7. The van der Waals surface area contributed by atoms with Crippen LogP contribution in [-0.2, 0) is 9.53 Å². The highest BCUT2D eigenvalue weighted by Gasteiger charge is 2.28. The van der Waals surface area contributed by atoms with E-state index in [0.717, 1.165) is 0 Å². The Balaban J connectivity index is 1.67. The van der Waals surface area contributed by atoms with Crippen molar-refractivity contribution in [1.82, 2.24) is 24.8 Å². The molecule has 2 N–H and O–H groups in total. The third-order valence-corrected chi connectivity index (χ3v) is 7.16. The number of methoxy groups -OCH3 is 2. The zero-order chi connectivity index (χ0) is 27.7. The molecule has 0 radical (unpaired) electrons. The number of rotatable bonds is 7. The maximum absolute atomic E-state index is 13.9. The van der Waals surface area contributed by atoms with Gasteiger partial charge in [0.05, 0.1) is 49.5 Å². The Morgan fingerprint density at radius 1 is 1.18 bits per heavy atom. The van der Waals surface area contributed by atoms with Gasteiger partial charge in [-0.15, -0.1) is 0 Å². The predicted octanol–water partition coefficient (Wildman–Crippen LogP) is 3.52. The van der Waals surface area contributed by atoms with Crippen molar-refractivity contribution >= 4 is 57.0 Å². The molecule has 1 amide bonds. The SMILES string of the molecule is C=CC(=O)N[C@H]1CCOC[C@H]1Nc1ncc2c(=O)n(-c3c(Cl)c(OC)cc(OC)c3Cl)c3ncccc3c2n1. The van der Waals surface area contributed by atoms with Crippen LogP contribution in [0.1, 0.15) is 6.42 Å². The van der Waals surface area contributed by atoms with Crippen LogP contribution in [0.15, 0.2) is 48.0 Å². The number of hydrogen-bond donors (Lipinski definition) is 2. The van der Waals surface area contributed by atoms with E-state index in [1.54, 1.807) is 18.3 Å². The number of carbonyl (C=O) groups excluding carboxylic acids is 1. The number of pyridine rings is 2. The molecule has 5 rings (SSSR count). The summed E-state index contributed by atoms with van der Waals surface area (Å²) in [6.45, 7) is 4.35. The van der Waals surface area contributed by atoms with E-state index in [9.17, 15) is 9.59 Å². The average Bonchev–Trinajstić information content (AvgIpc) is 2.95. The number of anilines is 1. The van der Waals surface area contributed by atoms with Crippen LogP contribution in [0.4, 0.5) is 5.95 Å². The lowest BCUT2D eigenvalue weighted by Gasteiger charge is -2.32. The highest BCUT2D eigenvalue weighted by Crippen LogP contribution is 2.43. The summed E-state index contributed by atoms with van der Waals surface area (Å²) >= 11 is 13.3. The van der Waals surface area contributed by atoms with Gasteiger partial charge in [0, 0.05) is 30.5 Å². The Kier molecular flexibility index (Phi) is 7.56. The molecular formula is C26H24Cl2N6O5. The average molecular weight is 571 g/mol. The van der Waals surface area contributed by atoms with Crippen molar-refractivity contribution in [2.45, 2.75) is 18.5 Å². The molecule has 202 valence electrons. The Hall–Kier alpha value is -3.93. The van der Waals surface area contributed by atoms with Gasteiger partial charge in [-0.25, -0.2) is 15.0 Å². The number of halogens is 2. The maximum atomic E-state index is 13.9. The fourth-order valence-electron chi connectivity index (χ4n) is 4.53. The van der Waals surface area contributed by atoms with Crippen LogP contribution in [0.25, 0.3) is 27.6 Å². The number of carbonyl (C=O) groups is 1. The Labute approximate surface area is 232 Å². The second-order valence-corrected chi connectivity index (χ2v) is 9.42. The lowest BCUT2D eigenvalue weighted by atomic mass is 10.0. The number of hydrogen-bond acceptors (Lipinski definition) is 9. The van der Waals surface area contributed by atoms with Crippen LogP contribution in [0.2, 0.25) is 10.0 Å². The minimum Gasteiger partial charge on any atom is -0.495 e. The fourth-order valence-corrected chi connectivity index (χ4v) is 5.20. The minimum absolute atomic E-state index is 0.112. The van der Waals surface area contributed by atoms with Gasteiger partial charge in [0.15, 0.2) is 0 Å². The number of fused-ring (bicyclic) bond motifs is 3. The first-order valence-electron chi connectivity index (χ1n) is 11.9. The quantitative estimate of drug-likeness (QED) is 0.253. The summed E-state index contributed by atoms with van der Waals surface area (Å²) in [5, 5.41) is 7.13. The van der Waals surface area contributed by atoms with Crippen molar-refractivity contribution in [3.05, 3.63) is 63.6 Å². The highest BCUT2D eigenvalue weighted by atomic mass is 35.5. The fraction of sp³-hybridized carbons (Fsp3) is 0.269. The van der Waals surface area contributed by atoms with Crippen molar-refractivity contribution < 1.29 is 19.0 Å². The van der Waals surface area contributed by atoms with Crippen LogP contribution in [0.3, 0.4) is 0 Å². The van der Waals surface area contributed by atoms with Gasteiger partial charge in [-0.3, -0.25) is 14.2 Å². The topological polar surface area (TPSA) is 129 Å². The molecule has 0 saturated carbocycles. The van der Waals surface area contributed by atoms with E-state index in [1.807, 2.05) is 0 Å². The number of benzene rings is 1. The van der Waals surface area contributed by atoms with Crippen LogP contribution in [0.5, 0.6) is 11.5 Å². The molecule has 1 aliphatic rings. The summed E-state index contributed by atoms with van der Waals surface area (Å²) < 4.78 is 17.7. The highest BCUT2D eigenvalue weighted by molar-refractivity contribution is 6.39. The molecule has 2 atom stereocenters. The molecule has 4 aromatic rings. The molecule has 0 unspecified atom stereocenters. The van der Waals surface area contributed by atoms with Crippen molar-refractivity contribution in [2.24, 2.45) is 0 Å². The number of aromatic nitrogens is 4. The monoisotopic (exact) mass is 570 g/mol. The van der Waals surface area contributed by atoms with Crippen LogP contribution < -0.4 is 25.7 Å². The van der Waals surface area contributed by atoms with Crippen molar-refractivity contribution in [3.8, 4) is 17.2 Å². The van der Waals surface area contributed by atoms with E-state index in [-0.39, 0.29) is 62.2 Å². The van der Waals surface area contributed by atoms with Crippen molar-refractivity contribution in [1.29, 1.82) is 0 Å². The molecule has 3 aromatic heterocycles. The first kappa shape index (κ1) is 26.7. The van der Waals surface area contributed by atoms with E-state index in [1.165, 1.54) is 37.1 Å². The van der Waals surface area contributed by atoms with E-state index < -0.39 is 5.56 Å². The Morgan fingerprint density at radius 3 is 2.62 bits per heavy atom. The summed E-state index contributed by atoms with van der Waals surface area (Å²) in [6.07, 6.45) is 4.81. The number of amides is 1. The van der Waals surface area contributed by atoms with Crippen LogP contribution in [0, 0.1) is 0 Å². The van der Waals surface area contributed by atoms with Crippen molar-refractivity contribution in [2.75, 3.05) is 32.8 Å². The molecule has 13 heteroatoms. The van der Waals surface area contributed by atoms with Gasteiger partial charge in [-0.1, -0.05) is 29.8 Å². The van der Waals surface area contributed by atoms with Gasteiger partial charge in [0.1, 0.15) is 27.2 Å². The largest absolute Gasteiger partial charge is 0.495 e. The molecule has 4 heterocycles. The molecule has 0 spiro atoms. The van der Waals surface area contributed by atoms with Crippen LogP contribution >= 0.6 is 23.2 Å². The lowest BCUT2D eigenvalue weighted by Crippen LogP contribution is -2.52. The van der Waals surface area contributed by atoms with Crippen molar-refractivity contribution in [3.63, 3.8) is 0 Å². The summed E-state index contributed by atoms with van der Waals surface area (Å²) in [5.41, 5.74) is 0.324. The van der Waals surface area contributed by atoms with Gasteiger partial charge in [-0.2, -0.15) is 0 Å². The second kappa shape index (κ2) is 11.0. The molecule has 1 fully saturated rings. The normalized spacial score (nSPS) is 17.1. The molecule has 39 heavy (non-hydrogen) atoms. The summed E-state index contributed by atoms with van der Waals surface area (Å²) in [7, 11) is 2.90. The van der Waals surface area contributed by atoms with Gasteiger partial charge in [-0.05, 0) is 24.6 Å². The van der Waals surface area contributed by atoms with Gasteiger partial charge in [0.2, 0.25) is 11.9 Å². The third-order valence-electron chi connectivity index (χ3n) is 6.43. The summed E-state index contributed by atoms with van der Waals surface area (Å²) in [6, 6.07) is 4.54. The second-order valence-electron chi connectivity index (χ2n) is 8.66. The molecule has 11 nitrogen and oxygen atoms in total.